The maximum atomic E-state index is 12.7. The van der Waals surface area contributed by atoms with Gasteiger partial charge < -0.3 is 24.4 Å². The fraction of sp³-hybridized carbons (Fsp3) is 0.733. The number of carbonyl (C=O) groups is 1. The molecule has 128 valence electrons. The molecule has 0 bridgehead atoms. The third-order valence-electron chi connectivity index (χ3n) is 4.33. The summed E-state index contributed by atoms with van der Waals surface area (Å²) in [6.45, 7) is 4.50. The topological polar surface area (TPSA) is 77.9 Å². The summed E-state index contributed by atoms with van der Waals surface area (Å²) >= 11 is 0. The third-order valence-corrected chi connectivity index (χ3v) is 4.33. The second-order valence-corrected chi connectivity index (χ2v) is 6.26. The molecule has 0 saturated carbocycles. The summed E-state index contributed by atoms with van der Waals surface area (Å²) in [6, 6.07) is -0.155. The van der Waals surface area contributed by atoms with Crippen LogP contribution in [0.4, 0.5) is 10.5 Å². The van der Waals surface area contributed by atoms with Gasteiger partial charge in [0.25, 0.3) is 5.88 Å². The van der Waals surface area contributed by atoms with Gasteiger partial charge in [-0.05, 0) is 6.92 Å². The smallest absolute Gasteiger partial charge is 0.322 e. The van der Waals surface area contributed by atoms with Crippen molar-refractivity contribution in [2.75, 3.05) is 38.7 Å². The molecule has 2 fully saturated rings. The van der Waals surface area contributed by atoms with Gasteiger partial charge in [0.2, 0.25) is 0 Å². The van der Waals surface area contributed by atoms with Gasteiger partial charge in [-0.15, -0.1) is 5.10 Å². The predicted octanol–water partition coefficient (Wildman–Crippen LogP) is 1.23. The second kappa shape index (κ2) is 6.37. The number of urea groups is 1. The number of amides is 2. The molecule has 2 amide bonds. The fourth-order valence-electron chi connectivity index (χ4n) is 3.30. The summed E-state index contributed by atoms with van der Waals surface area (Å²) < 4.78 is 18.4. The lowest BCUT2D eigenvalue weighted by Gasteiger charge is -2.47. The van der Waals surface area contributed by atoms with E-state index in [1.807, 2.05) is 11.8 Å². The van der Waals surface area contributed by atoms with Crippen LogP contribution in [0.25, 0.3) is 0 Å². The minimum absolute atomic E-state index is 0.00314. The first-order valence-electron chi connectivity index (χ1n) is 7.90. The Bertz CT molecular complexity index is 568. The van der Waals surface area contributed by atoms with Crippen LogP contribution in [0, 0.1) is 0 Å². The number of nitrogens with one attached hydrogen (secondary N) is 1. The van der Waals surface area contributed by atoms with Gasteiger partial charge in [0.05, 0.1) is 31.6 Å². The summed E-state index contributed by atoms with van der Waals surface area (Å²) in [5, 5.41) is 7.03. The zero-order valence-electron chi connectivity index (χ0n) is 13.9. The summed E-state index contributed by atoms with van der Waals surface area (Å²) in [4.78, 5) is 14.5. The number of methoxy groups -OCH3 is 1. The highest BCUT2D eigenvalue weighted by molar-refractivity contribution is 5.90. The summed E-state index contributed by atoms with van der Waals surface area (Å²) in [7, 11) is 3.32. The number of carbonyl (C=O) groups excluding carboxylic acids is 1. The molecule has 1 atom stereocenters. The molecule has 8 heteroatoms. The average Bonchev–Trinajstić information content (AvgIpc) is 2.87. The number of rotatable bonds is 2. The predicted molar refractivity (Wildman–Crippen MR) is 83.7 cm³/mol. The van der Waals surface area contributed by atoms with Crippen LogP contribution in [0.3, 0.4) is 0 Å². The highest BCUT2D eigenvalue weighted by Gasteiger charge is 2.42. The fourth-order valence-corrected chi connectivity index (χ4v) is 3.30. The highest BCUT2D eigenvalue weighted by atomic mass is 16.5. The first kappa shape index (κ1) is 16.1. The molecular weight excluding hydrogens is 300 g/mol. The van der Waals surface area contributed by atoms with E-state index in [0.29, 0.717) is 37.9 Å². The van der Waals surface area contributed by atoms with Crippen LogP contribution in [0.2, 0.25) is 0 Å². The Labute approximate surface area is 135 Å². The van der Waals surface area contributed by atoms with Crippen LogP contribution in [0.1, 0.15) is 19.8 Å². The molecule has 0 radical (unpaired) electrons. The largest absolute Gasteiger partial charge is 0.478 e. The van der Waals surface area contributed by atoms with Crippen molar-refractivity contribution in [3.8, 4) is 5.88 Å². The first-order chi connectivity index (χ1) is 11.0. The van der Waals surface area contributed by atoms with E-state index in [-0.39, 0.29) is 17.7 Å². The molecule has 0 aliphatic carbocycles. The number of anilines is 1. The summed E-state index contributed by atoms with van der Waals surface area (Å²) in [5.74, 6) is 0.405. The van der Waals surface area contributed by atoms with Gasteiger partial charge in [0.1, 0.15) is 5.69 Å². The van der Waals surface area contributed by atoms with Gasteiger partial charge in [0.15, 0.2) is 0 Å². The van der Waals surface area contributed by atoms with Crippen molar-refractivity contribution in [1.29, 1.82) is 0 Å². The summed E-state index contributed by atoms with van der Waals surface area (Å²) in [5.41, 5.74) is 0.284. The molecular formula is C15H24N4O4. The number of morpholine rings is 1. The van der Waals surface area contributed by atoms with Crippen molar-refractivity contribution < 1.29 is 19.0 Å². The molecule has 3 heterocycles. The van der Waals surface area contributed by atoms with Gasteiger partial charge in [-0.3, -0.25) is 4.68 Å². The molecule has 8 nitrogen and oxygen atoms in total. The molecule has 1 spiro atoms. The monoisotopic (exact) mass is 324 g/mol. The van der Waals surface area contributed by atoms with Crippen LogP contribution >= 0.6 is 0 Å². The van der Waals surface area contributed by atoms with Crippen molar-refractivity contribution in [3.05, 3.63) is 6.20 Å². The Kier molecular flexibility index (Phi) is 4.45. The van der Waals surface area contributed by atoms with E-state index in [9.17, 15) is 4.79 Å². The van der Waals surface area contributed by atoms with Gasteiger partial charge >= 0.3 is 6.03 Å². The van der Waals surface area contributed by atoms with Crippen molar-refractivity contribution in [2.45, 2.75) is 31.5 Å². The van der Waals surface area contributed by atoms with E-state index in [2.05, 4.69) is 10.4 Å². The van der Waals surface area contributed by atoms with Crippen molar-refractivity contribution in [1.82, 2.24) is 14.7 Å². The van der Waals surface area contributed by atoms with Gasteiger partial charge in [-0.2, -0.15) is 0 Å². The standard InChI is InChI=1S/C15H24N4O4/c1-11-8-19(10-15(23-11)4-6-22-7-5-15)14(20)16-12-9-18(2)17-13(12)21-3/h9,11H,4-8,10H2,1-3H3,(H,16,20). The third kappa shape index (κ3) is 3.42. The zero-order chi connectivity index (χ0) is 16.4. The van der Waals surface area contributed by atoms with Crippen molar-refractivity contribution in [3.63, 3.8) is 0 Å². The SMILES string of the molecule is COc1nn(C)cc1NC(=O)N1CC(C)OC2(CCOCC2)C1. The van der Waals surface area contributed by atoms with Gasteiger partial charge in [0, 0.05) is 39.6 Å². The Hall–Kier alpha value is -1.80. The zero-order valence-corrected chi connectivity index (χ0v) is 13.9. The minimum Gasteiger partial charge on any atom is -0.478 e. The molecule has 1 unspecified atom stereocenters. The molecule has 2 aliphatic heterocycles. The quantitative estimate of drug-likeness (QED) is 0.885. The molecule has 1 N–H and O–H groups in total. The number of hydrogen-bond donors (Lipinski definition) is 1. The average molecular weight is 324 g/mol. The Morgan fingerprint density at radius 1 is 1.48 bits per heavy atom. The van der Waals surface area contributed by atoms with E-state index >= 15 is 0 Å². The molecule has 0 aromatic carbocycles. The minimum atomic E-state index is -0.285. The second-order valence-electron chi connectivity index (χ2n) is 6.26. The highest BCUT2D eigenvalue weighted by Crippen LogP contribution is 2.32. The number of aryl methyl sites for hydroxylation is 1. The van der Waals surface area contributed by atoms with Gasteiger partial charge in [-0.25, -0.2) is 4.79 Å². The molecule has 2 saturated heterocycles. The summed E-state index contributed by atoms with van der Waals surface area (Å²) in [6.07, 6.45) is 3.36. The van der Waals surface area contributed by atoms with Gasteiger partial charge in [-0.1, -0.05) is 0 Å². The number of hydrogen-bond acceptors (Lipinski definition) is 5. The molecule has 23 heavy (non-hydrogen) atoms. The molecule has 2 aliphatic rings. The number of aromatic nitrogens is 2. The maximum absolute atomic E-state index is 12.7. The number of nitrogens with zero attached hydrogens (tertiary/aromatic N) is 3. The molecule has 1 aromatic heterocycles. The normalized spacial score (nSPS) is 23.8. The van der Waals surface area contributed by atoms with E-state index in [4.69, 9.17) is 14.2 Å². The van der Waals surface area contributed by atoms with Crippen LogP contribution < -0.4 is 10.1 Å². The van der Waals surface area contributed by atoms with E-state index in [1.54, 1.807) is 17.9 Å². The van der Waals surface area contributed by atoms with E-state index in [1.165, 1.54) is 7.11 Å². The van der Waals surface area contributed by atoms with Crippen molar-refractivity contribution >= 4 is 11.7 Å². The van der Waals surface area contributed by atoms with Crippen LogP contribution in [-0.4, -0.2) is 65.8 Å². The van der Waals surface area contributed by atoms with Crippen LogP contribution in [-0.2, 0) is 16.5 Å². The Morgan fingerprint density at radius 3 is 2.91 bits per heavy atom. The Morgan fingerprint density at radius 2 is 2.22 bits per heavy atom. The van der Waals surface area contributed by atoms with Crippen LogP contribution in [0.5, 0.6) is 5.88 Å². The molecule has 3 rings (SSSR count). The van der Waals surface area contributed by atoms with E-state index < -0.39 is 0 Å². The lowest BCUT2D eigenvalue weighted by Crippen LogP contribution is -2.59. The Balaban J connectivity index is 1.70. The lowest BCUT2D eigenvalue weighted by molar-refractivity contribution is -0.174. The maximum Gasteiger partial charge on any atom is 0.322 e. The first-order valence-corrected chi connectivity index (χ1v) is 7.90. The van der Waals surface area contributed by atoms with Crippen molar-refractivity contribution in [2.24, 2.45) is 7.05 Å². The number of ether oxygens (including phenoxy) is 3. The van der Waals surface area contributed by atoms with E-state index in [0.717, 1.165) is 12.8 Å². The van der Waals surface area contributed by atoms with Crippen LogP contribution in [0.15, 0.2) is 6.20 Å². The molecule has 1 aromatic rings. The lowest BCUT2D eigenvalue weighted by atomic mass is 9.91.